The second-order valence-electron chi connectivity index (χ2n) is 4.37. The van der Waals surface area contributed by atoms with Gasteiger partial charge in [0.05, 0.1) is 19.4 Å². The number of hydrogen-bond acceptors (Lipinski definition) is 3. The van der Waals surface area contributed by atoms with E-state index in [1.807, 2.05) is 26.0 Å². The summed E-state index contributed by atoms with van der Waals surface area (Å²) >= 11 is 6.94. The van der Waals surface area contributed by atoms with Crippen molar-refractivity contribution in [1.82, 2.24) is 0 Å². The highest BCUT2D eigenvalue weighted by Crippen LogP contribution is 2.39. The van der Waals surface area contributed by atoms with Gasteiger partial charge in [-0.1, -0.05) is 15.9 Å². The number of methoxy groups -OCH3 is 1. The lowest BCUT2D eigenvalue weighted by Gasteiger charge is -2.20. The van der Waals surface area contributed by atoms with Crippen LogP contribution in [0.1, 0.15) is 28.3 Å². The predicted octanol–water partition coefficient (Wildman–Crippen LogP) is 4.48. The third-order valence-electron chi connectivity index (χ3n) is 3.20. The Balaban J connectivity index is 2.64. The highest BCUT2D eigenvalue weighted by atomic mass is 79.9. The van der Waals surface area contributed by atoms with Gasteiger partial charge in [0.25, 0.3) is 0 Å². The molecule has 0 bridgehead atoms. The number of halogens is 2. The largest absolute Gasteiger partial charge is 0.496 e. The Morgan fingerprint density at radius 2 is 2.00 bits per heavy atom. The zero-order valence-corrected chi connectivity index (χ0v) is 14.1. The molecule has 102 valence electrons. The van der Waals surface area contributed by atoms with Gasteiger partial charge >= 0.3 is 0 Å². The van der Waals surface area contributed by atoms with Crippen molar-refractivity contribution in [3.8, 4) is 5.75 Å². The molecule has 2 N–H and O–H groups in total. The molecule has 1 unspecified atom stereocenters. The molecule has 0 fully saturated rings. The molecule has 0 aliphatic carbocycles. The van der Waals surface area contributed by atoms with Gasteiger partial charge in [-0.25, -0.2) is 0 Å². The molecular weight excluding hydrogens is 374 g/mol. The summed E-state index contributed by atoms with van der Waals surface area (Å²) in [5.41, 5.74) is 10.4. The number of nitrogens with two attached hydrogens (primary N) is 1. The Labute approximate surface area is 129 Å². The van der Waals surface area contributed by atoms with Crippen LogP contribution in [0.25, 0.3) is 0 Å². The van der Waals surface area contributed by atoms with E-state index in [9.17, 15) is 0 Å². The van der Waals surface area contributed by atoms with Crippen molar-refractivity contribution in [2.75, 3.05) is 7.11 Å². The second kappa shape index (κ2) is 5.69. The molecule has 3 nitrogen and oxygen atoms in total. The first kappa shape index (κ1) is 14.6. The number of benzene rings is 1. The summed E-state index contributed by atoms with van der Waals surface area (Å²) < 4.78 is 12.5. The van der Waals surface area contributed by atoms with Gasteiger partial charge in [0, 0.05) is 15.6 Å². The molecule has 1 aromatic carbocycles. The zero-order chi connectivity index (χ0) is 14.2. The third-order valence-corrected chi connectivity index (χ3v) is 4.67. The van der Waals surface area contributed by atoms with Crippen molar-refractivity contribution in [1.29, 1.82) is 0 Å². The summed E-state index contributed by atoms with van der Waals surface area (Å²) in [4.78, 5) is 0. The molecule has 1 aromatic heterocycles. The summed E-state index contributed by atoms with van der Waals surface area (Å²) in [5.74, 6) is 0.821. The first-order chi connectivity index (χ1) is 8.97. The van der Waals surface area contributed by atoms with Crippen LogP contribution in [-0.4, -0.2) is 7.11 Å². The van der Waals surface area contributed by atoms with Crippen LogP contribution >= 0.6 is 31.9 Å². The van der Waals surface area contributed by atoms with Gasteiger partial charge in [-0.15, -0.1) is 0 Å². The molecule has 0 spiro atoms. The van der Waals surface area contributed by atoms with E-state index in [4.69, 9.17) is 14.9 Å². The van der Waals surface area contributed by atoms with Gasteiger partial charge in [0.2, 0.25) is 0 Å². The quantitative estimate of drug-likeness (QED) is 0.843. The van der Waals surface area contributed by atoms with Crippen LogP contribution in [0.4, 0.5) is 0 Å². The maximum Gasteiger partial charge on any atom is 0.174 e. The molecule has 2 rings (SSSR count). The molecule has 0 aliphatic rings. The molecular formula is C14H15Br2NO2. The Bertz CT molecular complexity index is 608. The molecule has 5 heteroatoms. The lowest BCUT2D eigenvalue weighted by atomic mass is 9.94. The number of furan rings is 1. The Hall–Kier alpha value is -0.780. The van der Waals surface area contributed by atoms with Crippen LogP contribution in [0.5, 0.6) is 5.75 Å². The smallest absolute Gasteiger partial charge is 0.174 e. The second-order valence-corrected chi connectivity index (χ2v) is 5.95. The summed E-state index contributed by atoms with van der Waals surface area (Å²) in [6.07, 6.45) is 1.62. The van der Waals surface area contributed by atoms with Gasteiger partial charge in [-0.2, -0.15) is 0 Å². The third kappa shape index (κ3) is 2.59. The van der Waals surface area contributed by atoms with E-state index in [2.05, 4.69) is 31.9 Å². The number of ether oxygens (including phenoxy) is 1. The van der Waals surface area contributed by atoms with Gasteiger partial charge in [0.15, 0.2) is 4.67 Å². The first-order valence-electron chi connectivity index (χ1n) is 5.79. The van der Waals surface area contributed by atoms with Crippen LogP contribution in [0.3, 0.4) is 0 Å². The number of rotatable bonds is 3. The van der Waals surface area contributed by atoms with Gasteiger partial charge in [-0.3, -0.25) is 0 Å². The summed E-state index contributed by atoms with van der Waals surface area (Å²) in [5, 5.41) is 0. The van der Waals surface area contributed by atoms with Crippen LogP contribution in [-0.2, 0) is 0 Å². The standard InChI is InChI=1S/C14H15Br2NO2/c1-7-6-10(15)8(2)11(13(7)18-3)12(17)9-4-5-19-14(9)16/h4-6,12H,17H2,1-3H3. The van der Waals surface area contributed by atoms with Crippen molar-refractivity contribution in [2.24, 2.45) is 5.73 Å². The normalized spacial score (nSPS) is 12.5. The van der Waals surface area contributed by atoms with Crippen LogP contribution in [0.15, 0.2) is 32.0 Å². The van der Waals surface area contributed by atoms with E-state index in [1.54, 1.807) is 13.4 Å². The van der Waals surface area contributed by atoms with Crippen molar-refractivity contribution >= 4 is 31.9 Å². The minimum atomic E-state index is -0.306. The van der Waals surface area contributed by atoms with Crippen molar-refractivity contribution in [3.63, 3.8) is 0 Å². The fourth-order valence-corrected chi connectivity index (χ4v) is 3.25. The predicted molar refractivity (Wildman–Crippen MR) is 82.6 cm³/mol. The van der Waals surface area contributed by atoms with Crippen LogP contribution in [0, 0.1) is 13.8 Å². The van der Waals surface area contributed by atoms with Gasteiger partial charge < -0.3 is 14.9 Å². The van der Waals surface area contributed by atoms with E-state index >= 15 is 0 Å². The average Bonchev–Trinajstić information content (AvgIpc) is 2.79. The summed E-state index contributed by atoms with van der Waals surface area (Å²) in [6.45, 7) is 4.03. The molecule has 2 aromatic rings. The van der Waals surface area contributed by atoms with Crippen LogP contribution in [0.2, 0.25) is 0 Å². The molecule has 1 atom stereocenters. The van der Waals surface area contributed by atoms with E-state index in [1.165, 1.54) is 0 Å². The minimum absolute atomic E-state index is 0.306. The lowest BCUT2D eigenvalue weighted by Crippen LogP contribution is -2.15. The Morgan fingerprint density at radius 3 is 2.53 bits per heavy atom. The van der Waals surface area contributed by atoms with Gasteiger partial charge in [-0.05, 0) is 53.0 Å². The fourth-order valence-electron chi connectivity index (χ4n) is 2.20. The SMILES string of the molecule is COc1c(C)cc(Br)c(C)c1C(N)c1ccoc1Br. The fraction of sp³-hybridized carbons (Fsp3) is 0.286. The van der Waals surface area contributed by atoms with E-state index in [0.717, 1.165) is 32.5 Å². The van der Waals surface area contributed by atoms with E-state index in [0.29, 0.717) is 4.67 Å². The van der Waals surface area contributed by atoms with Crippen molar-refractivity contribution in [3.05, 3.63) is 49.8 Å². The molecule has 0 saturated carbocycles. The number of hydrogen-bond donors (Lipinski definition) is 1. The van der Waals surface area contributed by atoms with E-state index in [-0.39, 0.29) is 6.04 Å². The average molecular weight is 389 g/mol. The summed E-state index contributed by atoms with van der Waals surface area (Å²) in [7, 11) is 1.66. The molecule has 1 heterocycles. The van der Waals surface area contributed by atoms with Crippen LogP contribution < -0.4 is 10.5 Å². The molecule has 19 heavy (non-hydrogen) atoms. The molecule has 0 amide bonds. The number of aryl methyl sites for hydroxylation is 1. The molecule has 0 aliphatic heterocycles. The highest BCUT2D eigenvalue weighted by molar-refractivity contribution is 9.10. The topological polar surface area (TPSA) is 48.4 Å². The van der Waals surface area contributed by atoms with Crippen molar-refractivity contribution < 1.29 is 9.15 Å². The van der Waals surface area contributed by atoms with E-state index < -0.39 is 0 Å². The minimum Gasteiger partial charge on any atom is -0.496 e. The first-order valence-corrected chi connectivity index (χ1v) is 7.38. The Kier molecular flexibility index (Phi) is 4.38. The lowest BCUT2D eigenvalue weighted by molar-refractivity contribution is 0.403. The Morgan fingerprint density at radius 1 is 1.32 bits per heavy atom. The maximum absolute atomic E-state index is 6.39. The molecule has 0 saturated heterocycles. The zero-order valence-electron chi connectivity index (χ0n) is 11.0. The highest BCUT2D eigenvalue weighted by Gasteiger charge is 2.23. The maximum atomic E-state index is 6.39. The monoisotopic (exact) mass is 387 g/mol. The molecule has 0 radical (unpaired) electrons. The van der Waals surface area contributed by atoms with Gasteiger partial charge in [0.1, 0.15) is 5.75 Å². The summed E-state index contributed by atoms with van der Waals surface area (Å²) in [6, 6.07) is 3.60. The van der Waals surface area contributed by atoms with Crippen molar-refractivity contribution in [2.45, 2.75) is 19.9 Å².